The van der Waals surface area contributed by atoms with Crippen LogP contribution < -0.4 is 15.6 Å². The van der Waals surface area contributed by atoms with E-state index in [2.05, 4.69) is 16.5 Å². The van der Waals surface area contributed by atoms with Gasteiger partial charge in [0.05, 0.1) is 18.8 Å². The molecule has 0 bridgehead atoms. The van der Waals surface area contributed by atoms with Gasteiger partial charge in [-0.15, -0.1) is 0 Å². The third-order valence-electron chi connectivity index (χ3n) is 4.77. The van der Waals surface area contributed by atoms with Crippen molar-refractivity contribution in [2.45, 2.75) is 51.2 Å². The normalized spacial score (nSPS) is 20.8. The molecule has 1 saturated carbocycles. The van der Waals surface area contributed by atoms with Crippen molar-refractivity contribution in [2.75, 3.05) is 7.11 Å². The summed E-state index contributed by atoms with van der Waals surface area (Å²) in [5.41, 5.74) is 2.08. The maximum atomic E-state index is 12.0. The van der Waals surface area contributed by atoms with Gasteiger partial charge in [-0.25, -0.2) is 4.68 Å². The molecule has 1 heterocycles. The molecule has 1 aliphatic rings. The fourth-order valence-corrected chi connectivity index (χ4v) is 3.41. The van der Waals surface area contributed by atoms with E-state index in [9.17, 15) is 4.79 Å². The number of para-hydroxylation sites is 1. The molecule has 128 valence electrons. The Labute approximate surface area is 142 Å². The Morgan fingerprint density at radius 1 is 1.17 bits per heavy atom. The highest BCUT2D eigenvalue weighted by Gasteiger charge is 2.23. The minimum Gasteiger partial charge on any atom is -0.496 e. The van der Waals surface area contributed by atoms with E-state index >= 15 is 0 Å². The minimum atomic E-state index is 0.00558. The molecule has 1 aromatic carbocycles. The molecular weight excluding hydrogens is 302 g/mol. The van der Waals surface area contributed by atoms with Crippen LogP contribution in [0.3, 0.4) is 0 Å². The first-order chi connectivity index (χ1) is 11.7. The number of hydrogen-bond donors (Lipinski definition) is 1. The fourth-order valence-electron chi connectivity index (χ4n) is 3.41. The van der Waals surface area contributed by atoms with Crippen LogP contribution in [0, 0.1) is 6.92 Å². The number of aryl methyl sites for hydroxylation is 1. The van der Waals surface area contributed by atoms with Crippen LogP contribution in [0.1, 0.15) is 43.0 Å². The van der Waals surface area contributed by atoms with Gasteiger partial charge in [-0.3, -0.25) is 4.79 Å². The van der Waals surface area contributed by atoms with E-state index in [4.69, 9.17) is 4.74 Å². The average Bonchev–Trinajstić information content (AvgIpc) is 2.63. The second kappa shape index (κ2) is 7.62. The van der Waals surface area contributed by atoms with E-state index in [1.165, 1.54) is 5.56 Å². The van der Waals surface area contributed by atoms with Crippen molar-refractivity contribution in [3.8, 4) is 5.75 Å². The summed E-state index contributed by atoms with van der Waals surface area (Å²) in [7, 11) is 1.70. The molecule has 0 atom stereocenters. The summed E-state index contributed by atoms with van der Waals surface area (Å²) in [6.45, 7) is 2.73. The smallest absolute Gasteiger partial charge is 0.267 e. The Kier molecular flexibility index (Phi) is 5.30. The third-order valence-corrected chi connectivity index (χ3v) is 4.77. The van der Waals surface area contributed by atoms with Gasteiger partial charge in [-0.2, -0.15) is 5.10 Å². The maximum Gasteiger partial charge on any atom is 0.267 e. The molecule has 1 aliphatic carbocycles. The highest BCUT2D eigenvalue weighted by atomic mass is 16.5. The molecule has 1 aromatic heterocycles. The predicted octanol–water partition coefficient (Wildman–Crippen LogP) is 2.83. The quantitative estimate of drug-likeness (QED) is 0.917. The van der Waals surface area contributed by atoms with Crippen LogP contribution in [-0.4, -0.2) is 22.9 Å². The van der Waals surface area contributed by atoms with E-state index < -0.39 is 0 Å². The summed E-state index contributed by atoms with van der Waals surface area (Å²) < 4.78 is 7.07. The lowest BCUT2D eigenvalue weighted by atomic mass is 9.91. The van der Waals surface area contributed by atoms with Crippen molar-refractivity contribution in [3.05, 3.63) is 58.0 Å². The molecule has 2 aromatic rings. The van der Waals surface area contributed by atoms with Crippen LogP contribution in [0.15, 0.2) is 41.2 Å². The van der Waals surface area contributed by atoms with Gasteiger partial charge in [-0.05, 0) is 44.7 Å². The molecule has 0 aliphatic heterocycles. The maximum absolute atomic E-state index is 12.0. The van der Waals surface area contributed by atoms with Gasteiger partial charge in [0.1, 0.15) is 5.75 Å². The first-order valence-corrected chi connectivity index (χ1v) is 8.59. The van der Waals surface area contributed by atoms with Gasteiger partial charge in [0.2, 0.25) is 0 Å². The molecule has 0 saturated heterocycles. The van der Waals surface area contributed by atoms with E-state index in [0.717, 1.165) is 43.7 Å². The molecule has 0 unspecified atom stereocenters. The Morgan fingerprint density at radius 3 is 2.67 bits per heavy atom. The number of nitrogens with one attached hydrogen (secondary N) is 1. The molecule has 1 fully saturated rings. The van der Waals surface area contributed by atoms with Crippen LogP contribution in [0.2, 0.25) is 0 Å². The topological polar surface area (TPSA) is 56.1 Å². The molecule has 0 spiro atoms. The standard InChI is InChI=1S/C19H25N3O2/c1-14-7-12-19(23)22(21-14)17-10-8-16(9-11-17)20-13-15-5-3-4-6-18(15)24-2/h3-7,12,16-17,20H,8-11,13H2,1-2H3. The highest BCUT2D eigenvalue weighted by molar-refractivity contribution is 5.33. The summed E-state index contributed by atoms with van der Waals surface area (Å²) in [6, 6.07) is 12.2. The van der Waals surface area contributed by atoms with Gasteiger partial charge in [0.25, 0.3) is 5.56 Å². The van der Waals surface area contributed by atoms with Gasteiger partial charge >= 0.3 is 0 Å². The van der Waals surface area contributed by atoms with E-state index in [-0.39, 0.29) is 11.6 Å². The highest BCUT2D eigenvalue weighted by Crippen LogP contribution is 2.27. The number of nitrogens with zero attached hydrogens (tertiary/aromatic N) is 2. The number of rotatable bonds is 5. The lowest BCUT2D eigenvalue weighted by molar-refractivity contribution is 0.267. The predicted molar refractivity (Wildman–Crippen MR) is 94.4 cm³/mol. The SMILES string of the molecule is COc1ccccc1CNC1CCC(n2nc(C)ccc2=O)CC1. The third kappa shape index (κ3) is 3.85. The summed E-state index contributed by atoms with van der Waals surface area (Å²) in [5.74, 6) is 0.925. The van der Waals surface area contributed by atoms with Crippen molar-refractivity contribution < 1.29 is 4.74 Å². The largest absolute Gasteiger partial charge is 0.496 e. The van der Waals surface area contributed by atoms with Crippen molar-refractivity contribution in [1.29, 1.82) is 0 Å². The molecule has 5 heteroatoms. The molecule has 3 rings (SSSR count). The molecule has 5 nitrogen and oxygen atoms in total. The number of hydrogen-bond acceptors (Lipinski definition) is 4. The average molecular weight is 327 g/mol. The second-order valence-corrected chi connectivity index (χ2v) is 6.46. The lowest BCUT2D eigenvalue weighted by Gasteiger charge is -2.30. The summed E-state index contributed by atoms with van der Waals surface area (Å²) in [4.78, 5) is 12.0. The van der Waals surface area contributed by atoms with E-state index in [1.54, 1.807) is 23.9 Å². The van der Waals surface area contributed by atoms with Crippen molar-refractivity contribution >= 4 is 0 Å². The van der Waals surface area contributed by atoms with Crippen LogP contribution >= 0.6 is 0 Å². The van der Waals surface area contributed by atoms with Crippen LogP contribution in [0.4, 0.5) is 0 Å². The number of aromatic nitrogens is 2. The zero-order chi connectivity index (χ0) is 16.9. The molecular formula is C19H25N3O2. The Bertz CT molecular complexity index is 733. The van der Waals surface area contributed by atoms with E-state index in [0.29, 0.717) is 6.04 Å². The van der Waals surface area contributed by atoms with Crippen LogP contribution in [-0.2, 0) is 6.54 Å². The molecule has 0 amide bonds. The van der Waals surface area contributed by atoms with E-state index in [1.807, 2.05) is 25.1 Å². The van der Waals surface area contributed by atoms with Gasteiger partial charge in [0, 0.05) is 24.2 Å². The summed E-state index contributed by atoms with van der Waals surface area (Å²) in [6.07, 6.45) is 4.09. The van der Waals surface area contributed by atoms with Crippen molar-refractivity contribution in [1.82, 2.24) is 15.1 Å². The molecule has 0 radical (unpaired) electrons. The summed E-state index contributed by atoms with van der Waals surface area (Å²) in [5, 5.41) is 8.03. The molecule has 24 heavy (non-hydrogen) atoms. The zero-order valence-corrected chi connectivity index (χ0v) is 14.4. The number of ether oxygens (including phenoxy) is 1. The number of benzene rings is 1. The first-order valence-electron chi connectivity index (χ1n) is 8.59. The van der Waals surface area contributed by atoms with Gasteiger partial charge in [0.15, 0.2) is 0 Å². The Hall–Kier alpha value is -2.14. The van der Waals surface area contributed by atoms with Gasteiger partial charge < -0.3 is 10.1 Å². The fraction of sp³-hybridized carbons (Fsp3) is 0.474. The first kappa shape index (κ1) is 16.7. The van der Waals surface area contributed by atoms with Crippen molar-refractivity contribution in [2.24, 2.45) is 0 Å². The summed E-state index contributed by atoms with van der Waals surface area (Å²) >= 11 is 0. The monoisotopic (exact) mass is 327 g/mol. The zero-order valence-electron chi connectivity index (χ0n) is 14.4. The lowest BCUT2D eigenvalue weighted by Crippen LogP contribution is -2.36. The minimum absolute atomic E-state index is 0.00558. The Balaban J connectivity index is 1.56. The molecule has 1 N–H and O–H groups in total. The van der Waals surface area contributed by atoms with Crippen LogP contribution in [0.5, 0.6) is 5.75 Å². The van der Waals surface area contributed by atoms with Crippen molar-refractivity contribution in [3.63, 3.8) is 0 Å². The van der Waals surface area contributed by atoms with Gasteiger partial charge in [-0.1, -0.05) is 18.2 Å². The number of methoxy groups -OCH3 is 1. The second-order valence-electron chi connectivity index (χ2n) is 6.46. The Morgan fingerprint density at radius 2 is 1.92 bits per heavy atom. The van der Waals surface area contributed by atoms with Crippen LogP contribution in [0.25, 0.3) is 0 Å².